The minimum atomic E-state index is -1.45. The van der Waals surface area contributed by atoms with E-state index in [0.717, 1.165) is 15.6 Å². The van der Waals surface area contributed by atoms with E-state index in [1.165, 1.54) is 12.1 Å². The highest BCUT2D eigenvalue weighted by Gasteiger charge is 2.53. The van der Waals surface area contributed by atoms with Crippen LogP contribution in [-0.2, 0) is 28.9 Å². The summed E-state index contributed by atoms with van der Waals surface area (Å²) in [5, 5.41) is 15.9. The summed E-state index contributed by atoms with van der Waals surface area (Å²) in [6.07, 6.45) is 0.274. The van der Waals surface area contributed by atoms with Crippen LogP contribution in [0.4, 0.5) is 4.39 Å². The fraction of sp³-hybridized carbons (Fsp3) is 0.257. The number of aliphatic imine (C=N–C) groups is 1. The van der Waals surface area contributed by atoms with Crippen molar-refractivity contribution in [3.8, 4) is 5.75 Å². The fourth-order valence-electron chi connectivity index (χ4n) is 5.38. The summed E-state index contributed by atoms with van der Waals surface area (Å²) < 4.78 is 27.0. The normalized spacial score (nSPS) is 17.0. The molecule has 0 aliphatic carbocycles. The predicted molar refractivity (Wildman–Crippen MR) is 177 cm³/mol. The van der Waals surface area contributed by atoms with Crippen molar-refractivity contribution in [2.24, 2.45) is 10.1 Å². The van der Waals surface area contributed by atoms with Gasteiger partial charge in [0.05, 0.1) is 13.2 Å². The molecular weight excluding hydrogens is 653 g/mol. The number of aliphatic hydroxyl groups excluding tert-OH is 1. The summed E-state index contributed by atoms with van der Waals surface area (Å²) >= 11 is 3.49. The summed E-state index contributed by atoms with van der Waals surface area (Å²) in [5.41, 5.74) is 11.3. The second-order valence-corrected chi connectivity index (χ2v) is 11.7. The molecule has 2 N–H and O–H groups in total. The number of aliphatic hydroxyl groups is 1. The van der Waals surface area contributed by atoms with Gasteiger partial charge in [-0.1, -0.05) is 69.6 Å². The maximum absolute atomic E-state index is 14.5. The Kier molecular flexibility index (Phi) is 11.0. The predicted octanol–water partition coefficient (Wildman–Crippen LogP) is 7.02. The van der Waals surface area contributed by atoms with Crippen LogP contribution >= 0.6 is 15.9 Å². The molecule has 9 nitrogen and oxygen atoms in total. The molecule has 0 saturated heterocycles. The Morgan fingerprint density at radius 3 is 2.59 bits per heavy atom. The quantitative estimate of drug-likeness (QED) is 0.0640. The Balaban J connectivity index is 1.56. The van der Waals surface area contributed by atoms with Gasteiger partial charge in [-0.2, -0.15) is 0 Å². The van der Waals surface area contributed by atoms with Crippen LogP contribution in [0.3, 0.4) is 0 Å². The Bertz CT molecular complexity index is 1730. The molecule has 1 amide bonds. The molecule has 4 aromatic carbocycles. The van der Waals surface area contributed by atoms with Gasteiger partial charge in [0.25, 0.3) is 5.91 Å². The Morgan fingerprint density at radius 1 is 1.07 bits per heavy atom. The van der Waals surface area contributed by atoms with Gasteiger partial charge < -0.3 is 19.9 Å². The first kappa shape index (κ1) is 32.7. The van der Waals surface area contributed by atoms with Gasteiger partial charge in [0, 0.05) is 40.9 Å². The summed E-state index contributed by atoms with van der Waals surface area (Å²) in [6, 6.07) is 28.6. The zero-order valence-corrected chi connectivity index (χ0v) is 26.6. The maximum atomic E-state index is 14.5. The zero-order valence-electron chi connectivity index (χ0n) is 25.0. The monoisotopic (exact) mass is 685 g/mol. The molecule has 4 aromatic rings. The number of amides is 1. The lowest BCUT2D eigenvalue weighted by Gasteiger charge is -2.32. The SMILES string of the molecule is [N-]=[N+]=NCc1ccccc1[C@H]1OC(c2ccc(OCCCO)cc2)=N[C@@]1(Cc1ccc(Br)cc1)C(=O)NCCc1cccc(F)c1. The molecule has 0 radical (unpaired) electrons. The molecule has 46 heavy (non-hydrogen) atoms. The molecule has 236 valence electrons. The summed E-state index contributed by atoms with van der Waals surface area (Å²) in [7, 11) is 0. The zero-order chi connectivity index (χ0) is 32.4. The minimum Gasteiger partial charge on any atom is -0.494 e. The number of rotatable bonds is 14. The highest BCUT2D eigenvalue weighted by Crippen LogP contribution is 2.44. The number of azide groups is 1. The number of halogens is 2. The van der Waals surface area contributed by atoms with Gasteiger partial charge in [-0.25, -0.2) is 9.38 Å². The molecule has 0 fully saturated rings. The van der Waals surface area contributed by atoms with Gasteiger partial charge in [-0.3, -0.25) is 4.79 Å². The van der Waals surface area contributed by atoms with Crippen molar-refractivity contribution in [3.63, 3.8) is 0 Å². The molecule has 5 rings (SSSR count). The molecule has 0 saturated carbocycles. The first-order chi connectivity index (χ1) is 22.4. The Hall–Kier alpha value is -4.70. The summed E-state index contributed by atoms with van der Waals surface area (Å²) in [5.74, 6) is 0.219. The van der Waals surface area contributed by atoms with Crippen molar-refractivity contribution in [1.82, 2.24) is 5.32 Å². The van der Waals surface area contributed by atoms with E-state index >= 15 is 0 Å². The van der Waals surface area contributed by atoms with Crippen LogP contribution in [0, 0.1) is 5.82 Å². The minimum absolute atomic E-state index is 0.0377. The molecule has 0 spiro atoms. The van der Waals surface area contributed by atoms with E-state index in [1.54, 1.807) is 18.2 Å². The molecule has 11 heteroatoms. The van der Waals surface area contributed by atoms with Crippen molar-refractivity contribution in [1.29, 1.82) is 0 Å². The van der Waals surface area contributed by atoms with Crippen molar-refractivity contribution in [2.75, 3.05) is 19.8 Å². The third-order valence-electron chi connectivity index (χ3n) is 7.65. The van der Waals surface area contributed by atoms with Crippen LogP contribution in [0.15, 0.2) is 112 Å². The number of hydrogen-bond acceptors (Lipinski definition) is 6. The van der Waals surface area contributed by atoms with Crippen molar-refractivity contribution < 1.29 is 23.8 Å². The smallest absolute Gasteiger partial charge is 0.252 e. The fourth-order valence-corrected chi connectivity index (χ4v) is 5.64. The summed E-state index contributed by atoms with van der Waals surface area (Å²) in [6.45, 7) is 0.735. The van der Waals surface area contributed by atoms with Gasteiger partial charge in [0.2, 0.25) is 5.90 Å². The average Bonchev–Trinajstić information content (AvgIpc) is 3.45. The Labute approximate surface area is 274 Å². The van der Waals surface area contributed by atoms with Crippen LogP contribution in [0.1, 0.15) is 40.3 Å². The van der Waals surface area contributed by atoms with Crippen LogP contribution < -0.4 is 10.1 Å². The second kappa shape index (κ2) is 15.5. The van der Waals surface area contributed by atoms with Crippen molar-refractivity contribution in [3.05, 3.63) is 146 Å². The first-order valence-electron chi connectivity index (χ1n) is 14.9. The summed E-state index contributed by atoms with van der Waals surface area (Å²) in [4.78, 5) is 22.5. The number of ether oxygens (including phenoxy) is 2. The molecular formula is C35H33BrFN5O4. The molecule has 0 unspecified atom stereocenters. The highest BCUT2D eigenvalue weighted by molar-refractivity contribution is 9.10. The number of nitrogens with zero attached hydrogens (tertiary/aromatic N) is 4. The maximum Gasteiger partial charge on any atom is 0.252 e. The number of nitrogens with one attached hydrogen (secondary N) is 1. The third-order valence-corrected chi connectivity index (χ3v) is 8.18. The van der Waals surface area contributed by atoms with Gasteiger partial charge >= 0.3 is 0 Å². The lowest BCUT2D eigenvalue weighted by molar-refractivity contribution is -0.128. The van der Waals surface area contributed by atoms with E-state index in [2.05, 4.69) is 31.3 Å². The van der Waals surface area contributed by atoms with Crippen molar-refractivity contribution >= 4 is 27.7 Å². The van der Waals surface area contributed by atoms with Crippen LogP contribution in [0.5, 0.6) is 5.75 Å². The Morgan fingerprint density at radius 2 is 1.85 bits per heavy atom. The standard InChI is InChI=1S/C35H33BrFN5O4/c36-28-13-9-25(10-14-28)22-35(34(44)39-18-17-24-5-3-7-29(37)21-24)32(31-8-2-1-6-27(31)23-40-42-38)46-33(41-35)26-11-15-30(16-12-26)45-20-4-19-43/h1-3,5-16,21,32,43H,4,17-20,22-23H2,(H,39,44)/t32-,35-/m1/s1. The van der Waals surface area contributed by atoms with Gasteiger partial charge in [-0.15, -0.1) is 0 Å². The largest absolute Gasteiger partial charge is 0.494 e. The van der Waals surface area contributed by atoms with Crippen LogP contribution in [0.25, 0.3) is 10.4 Å². The van der Waals surface area contributed by atoms with E-state index < -0.39 is 11.6 Å². The van der Waals surface area contributed by atoms with Crippen molar-refractivity contribution in [2.45, 2.75) is 37.5 Å². The van der Waals surface area contributed by atoms with E-state index in [4.69, 9.17) is 25.1 Å². The molecule has 1 aliphatic heterocycles. The lowest BCUT2D eigenvalue weighted by Crippen LogP contribution is -2.50. The number of carbonyl (C=O) groups excluding carboxylic acids is 1. The lowest BCUT2D eigenvalue weighted by atomic mass is 9.80. The van der Waals surface area contributed by atoms with Crippen LogP contribution in [0.2, 0.25) is 0 Å². The van der Waals surface area contributed by atoms with E-state index in [0.29, 0.717) is 41.9 Å². The average molecular weight is 687 g/mol. The van der Waals surface area contributed by atoms with E-state index in [1.807, 2.05) is 66.7 Å². The molecule has 2 atom stereocenters. The second-order valence-electron chi connectivity index (χ2n) is 10.8. The molecule has 1 heterocycles. The molecule has 0 aromatic heterocycles. The third kappa shape index (κ3) is 7.92. The number of hydrogen-bond donors (Lipinski definition) is 2. The highest BCUT2D eigenvalue weighted by atomic mass is 79.9. The number of benzene rings is 4. The number of carbonyl (C=O) groups is 1. The topological polar surface area (TPSA) is 129 Å². The van der Waals surface area contributed by atoms with Crippen LogP contribution in [-0.4, -0.2) is 42.2 Å². The first-order valence-corrected chi connectivity index (χ1v) is 15.7. The van der Waals surface area contributed by atoms with Gasteiger partial charge in [-0.05, 0) is 82.7 Å². The van der Waals surface area contributed by atoms with E-state index in [9.17, 15) is 9.18 Å². The molecule has 0 bridgehead atoms. The van der Waals surface area contributed by atoms with Gasteiger partial charge in [0.1, 0.15) is 11.6 Å². The van der Waals surface area contributed by atoms with Gasteiger partial charge in [0.15, 0.2) is 11.6 Å². The molecule has 1 aliphatic rings. The van der Waals surface area contributed by atoms with E-state index in [-0.39, 0.29) is 43.7 Å².